The third-order valence-electron chi connectivity index (χ3n) is 4.73. The summed E-state index contributed by atoms with van der Waals surface area (Å²) in [4.78, 5) is 11.2. The lowest BCUT2D eigenvalue weighted by Crippen LogP contribution is -2.47. The maximum absolute atomic E-state index is 11.2. The van der Waals surface area contributed by atoms with E-state index >= 15 is 0 Å². The maximum Gasteiger partial charge on any atom is 0.220 e. The van der Waals surface area contributed by atoms with Crippen molar-refractivity contribution < 1.29 is 4.79 Å². The van der Waals surface area contributed by atoms with Crippen LogP contribution < -0.4 is 10.6 Å². The molecule has 3 nitrogen and oxygen atoms in total. The zero-order chi connectivity index (χ0) is 13.1. The summed E-state index contributed by atoms with van der Waals surface area (Å²) in [6.45, 7) is 7.99. The van der Waals surface area contributed by atoms with Crippen molar-refractivity contribution in [2.24, 2.45) is 17.8 Å². The maximum atomic E-state index is 11.2. The Bertz CT molecular complexity index is 290. The van der Waals surface area contributed by atoms with Crippen molar-refractivity contribution in [1.29, 1.82) is 0 Å². The van der Waals surface area contributed by atoms with Gasteiger partial charge in [0.1, 0.15) is 0 Å². The number of hydrogen-bond acceptors (Lipinski definition) is 2. The summed E-state index contributed by atoms with van der Waals surface area (Å²) in [7, 11) is 0. The van der Waals surface area contributed by atoms with Crippen LogP contribution in [0.1, 0.15) is 52.9 Å². The van der Waals surface area contributed by atoms with E-state index in [0.29, 0.717) is 18.5 Å². The lowest BCUT2D eigenvalue weighted by molar-refractivity contribution is -0.119. The third-order valence-corrected chi connectivity index (χ3v) is 4.73. The van der Waals surface area contributed by atoms with Gasteiger partial charge >= 0.3 is 0 Å². The molecule has 1 amide bonds. The van der Waals surface area contributed by atoms with Crippen LogP contribution in [0.3, 0.4) is 0 Å². The van der Waals surface area contributed by atoms with Gasteiger partial charge in [0.25, 0.3) is 0 Å². The van der Waals surface area contributed by atoms with Gasteiger partial charge in [0.05, 0.1) is 0 Å². The molecule has 0 radical (unpaired) electrons. The molecular weight excluding hydrogens is 224 g/mol. The fraction of sp³-hybridized carbons (Fsp3) is 0.933. The Balaban J connectivity index is 1.82. The van der Waals surface area contributed by atoms with Crippen LogP contribution in [-0.2, 0) is 4.79 Å². The summed E-state index contributed by atoms with van der Waals surface area (Å²) < 4.78 is 0. The summed E-state index contributed by atoms with van der Waals surface area (Å²) in [5.41, 5.74) is 0. The van der Waals surface area contributed by atoms with Crippen LogP contribution in [-0.4, -0.2) is 24.5 Å². The van der Waals surface area contributed by atoms with E-state index in [0.717, 1.165) is 30.7 Å². The highest BCUT2D eigenvalue weighted by Gasteiger charge is 2.31. The fourth-order valence-corrected chi connectivity index (χ4v) is 3.56. The van der Waals surface area contributed by atoms with E-state index in [-0.39, 0.29) is 5.91 Å². The van der Waals surface area contributed by atoms with Crippen LogP contribution >= 0.6 is 0 Å². The molecule has 1 aliphatic carbocycles. The van der Waals surface area contributed by atoms with Crippen molar-refractivity contribution in [1.82, 2.24) is 10.6 Å². The van der Waals surface area contributed by atoms with E-state index in [4.69, 9.17) is 0 Å². The Kier molecular flexibility index (Phi) is 4.66. The number of amides is 1. The minimum absolute atomic E-state index is 0.222. The van der Waals surface area contributed by atoms with Crippen molar-refractivity contribution in [2.45, 2.75) is 65.0 Å². The lowest BCUT2D eigenvalue weighted by atomic mass is 9.74. The molecule has 0 spiro atoms. The average molecular weight is 252 g/mol. The molecule has 4 unspecified atom stereocenters. The van der Waals surface area contributed by atoms with Crippen LogP contribution in [0.25, 0.3) is 0 Å². The first-order valence-electron chi connectivity index (χ1n) is 7.59. The van der Waals surface area contributed by atoms with Gasteiger partial charge in [-0.25, -0.2) is 0 Å². The number of nitrogens with one attached hydrogen (secondary N) is 2. The van der Waals surface area contributed by atoms with Crippen molar-refractivity contribution in [3.63, 3.8) is 0 Å². The second-order valence-corrected chi connectivity index (χ2v) is 6.64. The van der Waals surface area contributed by atoms with Gasteiger partial charge in [-0.2, -0.15) is 0 Å². The van der Waals surface area contributed by atoms with Gasteiger partial charge in [-0.15, -0.1) is 0 Å². The highest BCUT2D eigenvalue weighted by molar-refractivity contribution is 5.78. The molecular formula is C15H28N2O. The molecule has 18 heavy (non-hydrogen) atoms. The molecule has 4 atom stereocenters. The quantitative estimate of drug-likeness (QED) is 0.806. The molecule has 1 saturated heterocycles. The van der Waals surface area contributed by atoms with Crippen molar-refractivity contribution in [2.75, 3.05) is 6.54 Å². The van der Waals surface area contributed by atoms with Gasteiger partial charge in [-0.3, -0.25) is 4.79 Å². The Morgan fingerprint density at radius 1 is 1.33 bits per heavy atom. The van der Waals surface area contributed by atoms with Gasteiger partial charge in [-0.05, 0) is 37.0 Å². The van der Waals surface area contributed by atoms with Crippen molar-refractivity contribution in [3.05, 3.63) is 0 Å². The van der Waals surface area contributed by atoms with E-state index in [9.17, 15) is 4.79 Å². The Hall–Kier alpha value is -0.570. The summed E-state index contributed by atoms with van der Waals surface area (Å²) in [5, 5.41) is 6.78. The second kappa shape index (κ2) is 6.05. The van der Waals surface area contributed by atoms with E-state index in [1.54, 1.807) is 0 Å². The number of carbonyl (C=O) groups excluding carboxylic acids is 1. The van der Waals surface area contributed by atoms with Crippen LogP contribution in [0.5, 0.6) is 0 Å². The molecule has 3 heteroatoms. The van der Waals surface area contributed by atoms with E-state index in [1.165, 1.54) is 19.3 Å². The molecule has 2 fully saturated rings. The summed E-state index contributed by atoms with van der Waals surface area (Å²) in [6, 6.07) is 1.01. The third kappa shape index (κ3) is 3.47. The number of hydrogen-bond donors (Lipinski definition) is 2. The average Bonchev–Trinajstić information content (AvgIpc) is 2.72. The standard InChI is InChI=1S/C15H28N2O/c1-10(2)13-6-4-11(3)8-14(13)16-9-12-5-7-15(18)17-12/h10-14,16H,4-9H2,1-3H3,(H,17,18). The summed E-state index contributed by atoms with van der Waals surface area (Å²) in [6.07, 6.45) is 5.74. The summed E-state index contributed by atoms with van der Waals surface area (Å²) in [5.74, 6) is 2.63. The van der Waals surface area contributed by atoms with E-state index in [1.807, 2.05) is 0 Å². The fourth-order valence-electron chi connectivity index (χ4n) is 3.56. The molecule has 104 valence electrons. The monoisotopic (exact) mass is 252 g/mol. The van der Waals surface area contributed by atoms with Gasteiger partial charge in [0.15, 0.2) is 0 Å². The van der Waals surface area contributed by atoms with E-state index in [2.05, 4.69) is 31.4 Å². The first kappa shape index (κ1) is 13.9. The molecule has 0 bridgehead atoms. The van der Waals surface area contributed by atoms with Gasteiger partial charge < -0.3 is 10.6 Å². The molecule has 0 aromatic rings. The molecule has 0 aromatic heterocycles. The lowest BCUT2D eigenvalue weighted by Gasteiger charge is -2.38. The Morgan fingerprint density at radius 3 is 2.72 bits per heavy atom. The number of carbonyl (C=O) groups is 1. The topological polar surface area (TPSA) is 41.1 Å². The minimum atomic E-state index is 0.222. The van der Waals surface area contributed by atoms with Gasteiger partial charge in [0, 0.05) is 25.0 Å². The predicted octanol–water partition coefficient (Wildman–Crippen LogP) is 2.32. The molecule has 1 aliphatic heterocycles. The Labute approximate surface area is 111 Å². The van der Waals surface area contributed by atoms with Crippen LogP contribution in [0, 0.1) is 17.8 Å². The Morgan fingerprint density at radius 2 is 2.11 bits per heavy atom. The van der Waals surface area contributed by atoms with Crippen molar-refractivity contribution >= 4 is 5.91 Å². The minimum Gasteiger partial charge on any atom is -0.352 e. The smallest absolute Gasteiger partial charge is 0.220 e. The molecule has 2 N–H and O–H groups in total. The zero-order valence-corrected chi connectivity index (χ0v) is 12.0. The normalized spacial score (nSPS) is 37.0. The molecule has 0 aromatic carbocycles. The largest absolute Gasteiger partial charge is 0.352 e. The highest BCUT2D eigenvalue weighted by atomic mass is 16.1. The zero-order valence-electron chi connectivity index (χ0n) is 12.0. The molecule has 2 aliphatic rings. The van der Waals surface area contributed by atoms with E-state index < -0.39 is 0 Å². The van der Waals surface area contributed by atoms with Crippen LogP contribution in [0.4, 0.5) is 0 Å². The number of rotatable bonds is 4. The first-order valence-corrected chi connectivity index (χ1v) is 7.59. The molecule has 1 heterocycles. The highest BCUT2D eigenvalue weighted by Crippen LogP contribution is 2.33. The summed E-state index contributed by atoms with van der Waals surface area (Å²) >= 11 is 0. The predicted molar refractivity (Wildman–Crippen MR) is 74.3 cm³/mol. The molecule has 2 rings (SSSR count). The van der Waals surface area contributed by atoms with Gasteiger partial charge in [-0.1, -0.05) is 27.2 Å². The first-order chi connectivity index (χ1) is 8.56. The van der Waals surface area contributed by atoms with Gasteiger partial charge in [0.2, 0.25) is 5.91 Å². The second-order valence-electron chi connectivity index (χ2n) is 6.64. The van der Waals surface area contributed by atoms with Crippen LogP contribution in [0.2, 0.25) is 0 Å². The van der Waals surface area contributed by atoms with Crippen LogP contribution in [0.15, 0.2) is 0 Å². The molecule has 1 saturated carbocycles. The SMILES string of the molecule is CC1CCC(C(C)C)C(NCC2CCC(=O)N2)C1. The van der Waals surface area contributed by atoms with Crippen molar-refractivity contribution in [3.8, 4) is 0 Å².